The van der Waals surface area contributed by atoms with E-state index >= 15 is 0 Å². The zero-order chi connectivity index (χ0) is 46.3. The first-order chi connectivity index (χ1) is 31.6. The Bertz CT molecular complexity index is 1280. The van der Waals surface area contributed by atoms with E-state index in [-0.39, 0.29) is 31.6 Å². The normalized spacial score (nSPS) is 13.1. The van der Waals surface area contributed by atoms with Gasteiger partial charge in [0.15, 0.2) is 6.10 Å². The summed E-state index contributed by atoms with van der Waals surface area (Å²) in [4.78, 5) is 24.4. The second-order valence-electron chi connectivity index (χ2n) is 17.2. The molecule has 1 unspecified atom stereocenters. The Morgan fingerprint density at radius 2 is 0.641 bits per heavy atom. The average molecular weight is 887 g/mol. The van der Waals surface area contributed by atoms with Crippen LogP contribution in [0.15, 0.2) is 109 Å². The van der Waals surface area contributed by atoms with E-state index in [0.717, 1.165) is 83.5 Å². The van der Waals surface area contributed by atoms with Gasteiger partial charge in [0.25, 0.3) is 0 Å². The third-order valence-corrected chi connectivity index (χ3v) is 11.1. The van der Waals surface area contributed by atoms with Gasteiger partial charge in [-0.2, -0.15) is 0 Å². The second-order valence-corrected chi connectivity index (χ2v) is 17.2. The standard InChI is InChI=1S/C59H98O5/c1-3-5-7-9-11-13-15-17-19-21-22-23-24-25-26-27-28-29-30-31-32-33-34-35-36-38-39-41-43-45-47-49-51-53-58(61)63-56-57(55-60)64-59(62)54-52-50-48-46-44-42-40-37-20-18-16-14-12-10-8-6-4-2/h5-8,11-14,17-20,22-23,40,42,46,48,57,60H,3-4,9-10,15-16,21,24-39,41,43-45,47,49-56H2,1-2H3/b7-5-,8-6-,13-11-,14-12-,19-17-,20-18-,23-22-,42-40-,48-46-. The van der Waals surface area contributed by atoms with Crippen LogP contribution in [0.1, 0.15) is 232 Å². The molecule has 1 N–H and O–H groups in total. The van der Waals surface area contributed by atoms with Crippen molar-refractivity contribution in [2.75, 3.05) is 13.2 Å². The van der Waals surface area contributed by atoms with E-state index < -0.39 is 6.10 Å². The van der Waals surface area contributed by atoms with Crippen molar-refractivity contribution in [2.45, 2.75) is 238 Å². The van der Waals surface area contributed by atoms with E-state index in [0.29, 0.717) is 12.8 Å². The van der Waals surface area contributed by atoms with E-state index in [9.17, 15) is 14.7 Å². The quantitative estimate of drug-likeness (QED) is 0.0374. The van der Waals surface area contributed by atoms with Gasteiger partial charge in [-0.25, -0.2) is 0 Å². The van der Waals surface area contributed by atoms with E-state index in [4.69, 9.17) is 9.47 Å². The molecule has 0 aromatic heterocycles. The fourth-order valence-electron chi connectivity index (χ4n) is 7.17. The summed E-state index contributed by atoms with van der Waals surface area (Å²) >= 11 is 0. The highest BCUT2D eigenvalue weighted by Crippen LogP contribution is 2.16. The molecule has 1 atom stereocenters. The lowest BCUT2D eigenvalue weighted by Crippen LogP contribution is -2.28. The molecule has 0 saturated heterocycles. The molecule has 64 heavy (non-hydrogen) atoms. The average Bonchev–Trinajstić information content (AvgIpc) is 3.30. The van der Waals surface area contributed by atoms with Crippen molar-refractivity contribution < 1.29 is 24.2 Å². The number of carbonyl (C=O) groups excluding carboxylic acids is 2. The van der Waals surface area contributed by atoms with Crippen molar-refractivity contribution >= 4 is 11.9 Å². The third-order valence-electron chi connectivity index (χ3n) is 11.1. The minimum Gasteiger partial charge on any atom is -0.462 e. The van der Waals surface area contributed by atoms with Gasteiger partial charge in [0.05, 0.1) is 6.61 Å². The molecule has 0 aliphatic heterocycles. The van der Waals surface area contributed by atoms with Crippen LogP contribution in [0.2, 0.25) is 0 Å². The van der Waals surface area contributed by atoms with Gasteiger partial charge in [0.2, 0.25) is 0 Å². The summed E-state index contributed by atoms with van der Waals surface area (Å²) in [6, 6.07) is 0. The second kappa shape index (κ2) is 53.9. The highest BCUT2D eigenvalue weighted by atomic mass is 16.6. The van der Waals surface area contributed by atoms with Crippen LogP contribution in [0.5, 0.6) is 0 Å². The molecule has 0 amide bonds. The summed E-state index contributed by atoms with van der Waals surface area (Å²) in [5.74, 6) is -0.659. The number of hydrogen-bond donors (Lipinski definition) is 1. The fourth-order valence-corrected chi connectivity index (χ4v) is 7.17. The van der Waals surface area contributed by atoms with Gasteiger partial charge in [-0.1, -0.05) is 239 Å². The van der Waals surface area contributed by atoms with Crippen LogP contribution in [0, 0.1) is 0 Å². The first-order valence-corrected chi connectivity index (χ1v) is 26.4. The van der Waals surface area contributed by atoms with Crippen LogP contribution in [-0.4, -0.2) is 36.4 Å². The van der Waals surface area contributed by atoms with Crippen LogP contribution in [-0.2, 0) is 19.1 Å². The summed E-state index contributed by atoms with van der Waals surface area (Å²) in [6.07, 6.45) is 77.8. The maximum absolute atomic E-state index is 12.2. The molecule has 0 rings (SSSR count). The minimum atomic E-state index is -0.807. The molecule has 5 nitrogen and oxygen atoms in total. The molecule has 0 fully saturated rings. The SMILES string of the molecule is CC/C=C\C/C=C\C/C=C\C/C=C\C/C=C\CCCC(=O)OC(CO)COC(=O)CCCCCCCCCCCCCCCCCCCCCC/C=C\C/C=C\C/C=C\C/C=C\CC. The number of esters is 2. The Labute approximate surface area is 395 Å². The van der Waals surface area contributed by atoms with Crippen LogP contribution in [0.4, 0.5) is 0 Å². The maximum atomic E-state index is 12.2. The van der Waals surface area contributed by atoms with Crippen molar-refractivity contribution in [3.05, 3.63) is 109 Å². The highest BCUT2D eigenvalue weighted by molar-refractivity contribution is 5.70. The first kappa shape index (κ1) is 60.6. The maximum Gasteiger partial charge on any atom is 0.306 e. The Morgan fingerprint density at radius 1 is 0.359 bits per heavy atom. The van der Waals surface area contributed by atoms with Crippen LogP contribution >= 0.6 is 0 Å². The number of ether oxygens (including phenoxy) is 2. The van der Waals surface area contributed by atoms with Gasteiger partial charge >= 0.3 is 11.9 Å². The Kier molecular flexibility index (Phi) is 51.0. The molecule has 0 saturated carbocycles. The number of hydrogen-bond acceptors (Lipinski definition) is 5. The number of carbonyl (C=O) groups is 2. The first-order valence-electron chi connectivity index (χ1n) is 26.4. The zero-order valence-electron chi connectivity index (χ0n) is 41.5. The molecule has 0 aromatic carbocycles. The lowest BCUT2D eigenvalue weighted by atomic mass is 10.0. The molecular formula is C59H98O5. The van der Waals surface area contributed by atoms with Crippen molar-refractivity contribution in [2.24, 2.45) is 0 Å². The number of unbranched alkanes of at least 4 members (excludes halogenated alkanes) is 21. The predicted octanol–water partition coefficient (Wildman–Crippen LogP) is 17.7. The van der Waals surface area contributed by atoms with Gasteiger partial charge in [0, 0.05) is 12.8 Å². The van der Waals surface area contributed by atoms with Gasteiger partial charge in [-0.05, 0) is 89.9 Å². The van der Waals surface area contributed by atoms with Gasteiger partial charge in [-0.3, -0.25) is 9.59 Å². The number of rotatable bonds is 47. The fraction of sp³-hybridized carbons (Fsp3) is 0.661. The molecule has 364 valence electrons. The molecule has 0 bridgehead atoms. The smallest absolute Gasteiger partial charge is 0.306 e. The summed E-state index contributed by atoms with van der Waals surface area (Å²) in [5.41, 5.74) is 0. The van der Waals surface area contributed by atoms with Crippen molar-refractivity contribution in [1.29, 1.82) is 0 Å². The summed E-state index contributed by atoms with van der Waals surface area (Å²) in [6.45, 7) is 3.87. The van der Waals surface area contributed by atoms with E-state index in [1.807, 2.05) is 0 Å². The van der Waals surface area contributed by atoms with Gasteiger partial charge in [0.1, 0.15) is 6.61 Å². The molecule has 0 aromatic rings. The van der Waals surface area contributed by atoms with Crippen LogP contribution in [0.3, 0.4) is 0 Å². The van der Waals surface area contributed by atoms with Gasteiger partial charge < -0.3 is 14.6 Å². The number of allylic oxidation sites excluding steroid dienone is 18. The highest BCUT2D eigenvalue weighted by Gasteiger charge is 2.16. The molecule has 0 aliphatic carbocycles. The third kappa shape index (κ3) is 51.2. The van der Waals surface area contributed by atoms with Crippen molar-refractivity contribution in [3.63, 3.8) is 0 Å². The molecule has 0 aliphatic rings. The summed E-state index contributed by atoms with van der Waals surface area (Å²) in [7, 11) is 0. The van der Waals surface area contributed by atoms with E-state index in [1.165, 1.54) is 116 Å². The zero-order valence-corrected chi connectivity index (χ0v) is 41.5. The Hall–Kier alpha value is -3.44. The Morgan fingerprint density at radius 3 is 0.984 bits per heavy atom. The molecule has 0 spiro atoms. The topological polar surface area (TPSA) is 72.8 Å². The largest absolute Gasteiger partial charge is 0.462 e. The number of aliphatic hydroxyl groups excluding tert-OH is 1. The van der Waals surface area contributed by atoms with Crippen molar-refractivity contribution in [3.8, 4) is 0 Å². The lowest BCUT2D eigenvalue weighted by Gasteiger charge is -2.15. The van der Waals surface area contributed by atoms with E-state index in [2.05, 4.69) is 123 Å². The number of aliphatic hydroxyl groups is 1. The molecule has 5 heteroatoms. The lowest BCUT2D eigenvalue weighted by molar-refractivity contribution is -0.161. The van der Waals surface area contributed by atoms with Crippen molar-refractivity contribution in [1.82, 2.24) is 0 Å². The summed E-state index contributed by atoms with van der Waals surface area (Å²) < 4.78 is 10.6. The van der Waals surface area contributed by atoms with Crippen LogP contribution in [0.25, 0.3) is 0 Å². The molecule has 0 heterocycles. The predicted molar refractivity (Wildman–Crippen MR) is 279 cm³/mol. The summed E-state index contributed by atoms with van der Waals surface area (Å²) in [5, 5.41) is 9.61. The molecule has 0 radical (unpaired) electrons. The van der Waals surface area contributed by atoms with E-state index in [1.54, 1.807) is 0 Å². The minimum absolute atomic E-state index is 0.0921. The Balaban J connectivity index is 3.51. The van der Waals surface area contributed by atoms with Crippen LogP contribution < -0.4 is 0 Å². The molecular weight excluding hydrogens is 789 g/mol. The monoisotopic (exact) mass is 887 g/mol. The van der Waals surface area contributed by atoms with Gasteiger partial charge in [-0.15, -0.1) is 0 Å².